The number of carbonyl (C=O) groups excluding carboxylic acids is 1. The van der Waals surface area contributed by atoms with E-state index in [1.807, 2.05) is 49.5 Å². The Morgan fingerprint density at radius 2 is 1.88 bits per heavy atom. The third-order valence-electron chi connectivity index (χ3n) is 9.48. The van der Waals surface area contributed by atoms with Crippen molar-refractivity contribution in [3.05, 3.63) is 112 Å². The summed E-state index contributed by atoms with van der Waals surface area (Å²) >= 11 is 12.8. The number of para-hydroxylation sites is 2. The molecule has 3 aromatic carbocycles. The quantitative estimate of drug-likeness (QED) is 0.141. The number of fused-ring (bicyclic) bond motifs is 1. The average Bonchev–Trinajstić information content (AvgIpc) is 3.92. The number of amides is 1. The standard InChI is InChI=1S/C37H39Cl2N9O3/c1-44(36(49)30-22-28(11-13-35(30)50-2)48-25-40-42-43-48)23-27(26-10-12-31(38)32(39)21-26)14-17-45-15-6-16-46(19-18-45)37-41-33-8-3-4-9-34(33)47(37)24-29-7-5-20-51-29/h3-5,7-13,20-22,25,27H,6,14-19,23-24H2,1-2H3. The zero-order chi connectivity index (χ0) is 35.3. The van der Waals surface area contributed by atoms with Crippen LogP contribution in [0.5, 0.6) is 5.75 Å². The Morgan fingerprint density at radius 1 is 1.00 bits per heavy atom. The van der Waals surface area contributed by atoms with E-state index in [9.17, 15) is 4.79 Å². The minimum Gasteiger partial charge on any atom is -0.496 e. The molecule has 1 aliphatic heterocycles. The highest BCUT2D eigenvalue weighted by molar-refractivity contribution is 6.42. The number of ether oxygens (including phenoxy) is 1. The normalized spacial score (nSPS) is 14.5. The highest BCUT2D eigenvalue weighted by atomic mass is 35.5. The number of likely N-dealkylation sites (N-methyl/N-ethyl adjacent to an activating group) is 1. The molecule has 0 saturated carbocycles. The van der Waals surface area contributed by atoms with Crippen LogP contribution in [0.15, 0.2) is 89.8 Å². The summed E-state index contributed by atoms with van der Waals surface area (Å²) in [6.07, 6.45) is 5.01. The van der Waals surface area contributed by atoms with E-state index in [1.54, 1.807) is 30.4 Å². The van der Waals surface area contributed by atoms with E-state index in [1.165, 1.54) is 11.0 Å². The number of imidazole rings is 1. The van der Waals surface area contributed by atoms with Crippen molar-refractivity contribution < 1.29 is 13.9 Å². The monoisotopic (exact) mass is 727 g/mol. The molecule has 3 aromatic heterocycles. The molecule has 12 nitrogen and oxygen atoms in total. The van der Waals surface area contributed by atoms with Crippen LogP contribution in [0.25, 0.3) is 16.7 Å². The van der Waals surface area contributed by atoms with Gasteiger partial charge in [0, 0.05) is 39.1 Å². The van der Waals surface area contributed by atoms with Crippen LogP contribution in [0.1, 0.15) is 40.4 Å². The largest absolute Gasteiger partial charge is 0.496 e. The Balaban J connectivity index is 1.06. The Hall–Kier alpha value is -4.91. The molecule has 0 aliphatic carbocycles. The summed E-state index contributed by atoms with van der Waals surface area (Å²) in [6, 6.07) is 23.2. The summed E-state index contributed by atoms with van der Waals surface area (Å²) in [6.45, 7) is 5.51. The van der Waals surface area contributed by atoms with Crippen molar-refractivity contribution in [1.82, 2.24) is 39.6 Å². The van der Waals surface area contributed by atoms with Crippen LogP contribution in [0, 0.1) is 0 Å². The van der Waals surface area contributed by atoms with E-state index in [0.717, 1.165) is 73.9 Å². The number of furan rings is 1. The number of rotatable bonds is 12. The SMILES string of the molecule is COc1ccc(-n2cnnn2)cc1C(=O)N(C)CC(CCN1CCCN(c2nc3ccccc3n2Cc2ccco2)CC1)c1ccc(Cl)c(Cl)c1. The van der Waals surface area contributed by atoms with Gasteiger partial charge in [0.1, 0.15) is 17.8 Å². The van der Waals surface area contributed by atoms with Crippen LogP contribution in [0.4, 0.5) is 5.95 Å². The number of methoxy groups -OCH3 is 1. The van der Waals surface area contributed by atoms with Crippen molar-refractivity contribution in [2.45, 2.75) is 25.3 Å². The fourth-order valence-electron chi connectivity index (χ4n) is 6.79. The van der Waals surface area contributed by atoms with Crippen LogP contribution >= 0.6 is 23.2 Å². The maximum absolute atomic E-state index is 14.0. The Labute approximate surface area is 306 Å². The van der Waals surface area contributed by atoms with Gasteiger partial charge in [-0.1, -0.05) is 41.4 Å². The minimum atomic E-state index is -0.172. The summed E-state index contributed by atoms with van der Waals surface area (Å²) in [4.78, 5) is 25.7. The average molecular weight is 729 g/mol. The molecule has 1 atom stereocenters. The molecule has 4 heterocycles. The first-order valence-corrected chi connectivity index (χ1v) is 17.7. The number of hydrogen-bond donors (Lipinski definition) is 0. The first-order chi connectivity index (χ1) is 24.9. The zero-order valence-electron chi connectivity index (χ0n) is 28.5. The van der Waals surface area contributed by atoms with Gasteiger partial charge in [-0.3, -0.25) is 4.79 Å². The second-order valence-corrected chi connectivity index (χ2v) is 13.5. The van der Waals surface area contributed by atoms with Crippen LogP contribution in [-0.4, -0.2) is 98.9 Å². The van der Waals surface area contributed by atoms with Gasteiger partial charge in [-0.05, 0) is 96.5 Å². The predicted octanol–water partition coefficient (Wildman–Crippen LogP) is 6.43. The third-order valence-corrected chi connectivity index (χ3v) is 10.2. The van der Waals surface area contributed by atoms with E-state index in [-0.39, 0.29) is 11.8 Å². The third kappa shape index (κ3) is 7.73. The molecule has 1 amide bonds. The molecule has 0 radical (unpaired) electrons. The molecular weight excluding hydrogens is 689 g/mol. The molecule has 264 valence electrons. The number of anilines is 1. The van der Waals surface area contributed by atoms with Crippen molar-refractivity contribution in [1.29, 1.82) is 0 Å². The number of nitrogens with zero attached hydrogens (tertiary/aromatic N) is 9. The smallest absolute Gasteiger partial charge is 0.257 e. The lowest BCUT2D eigenvalue weighted by molar-refractivity contribution is 0.0779. The Morgan fingerprint density at radius 3 is 2.67 bits per heavy atom. The minimum absolute atomic E-state index is 0.000686. The molecule has 6 aromatic rings. The van der Waals surface area contributed by atoms with Crippen molar-refractivity contribution in [2.75, 3.05) is 58.3 Å². The Kier molecular flexibility index (Phi) is 10.5. The molecule has 14 heteroatoms. The van der Waals surface area contributed by atoms with Gasteiger partial charge in [0.25, 0.3) is 5.91 Å². The van der Waals surface area contributed by atoms with Crippen molar-refractivity contribution in [2.24, 2.45) is 0 Å². The van der Waals surface area contributed by atoms with Gasteiger partial charge in [-0.2, -0.15) is 0 Å². The first kappa shape index (κ1) is 34.5. The lowest BCUT2D eigenvalue weighted by Crippen LogP contribution is -2.35. The van der Waals surface area contributed by atoms with Gasteiger partial charge in [0.15, 0.2) is 0 Å². The molecule has 0 N–H and O–H groups in total. The lowest BCUT2D eigenvalue weighted by atomic mass is 9.94. The topological polar surface area (TPSA) is 111 Å². The van der Waals surface area contributed by atoms with E-state index in [2.05, 4.69) is 48.1 Å². The fraction of sp³-hybridized carbons (Fsp3) is 0.324. The molecular formula is C37H39Cl2N9O3. The molecule has 1 aliphatic rings. The second-order valence-electron chi connectivity index (χ2n) is 12.7. The number of hydrogen-bond acceptors (Lipinski definition) is 9. The van der Waals surface area contributed by atoms with E-state index < -0.39 is 0 Å². The first-order valence-electron chi connectivity index (χ1n) is 16.9. The second kappa shape index (κ2) is 15.5. The molecule has 1 unspecified atom stereocenters. The van der Waals surface area contributed by atoms with Crippen molar-refractivity contribution in [3.8, 4) is 11.4 Å². The molecule has 1 saturated heterocycles. The van der Waals surface area contributed by atoms with Gasteiger partial charge >= 0.3 is 0 Å². The molecule has 51 heavy (non-hydrogen) atoms. The van der Waals surface area contributed by atoms with Crippen molar-refractivity contribution >= 4 is 46.1 Å². The molecule has 0 spiro atoms. The molecule has 1 fully saturated rings. The summed E-state index contributed by atoms with van der Waals surface area (Å²) in [5.74, 6) is 2.16. The van der Waals surface area contributed by atoms with E-state index in [4.69, 9.17) is 37.3 Å². The van der Waals surface area contributed by atoms with Crippen LogP contribution < -0.4 is 9.64 Å². The predicted molar refractivity (Wildman–Crippen MR) is 197 cm³/mol. The van der Waals surface area contributed by atoms with Crippen LogP contribution in [-0.2, 0) is 6.54 Å². The summed E-state index contributed by atoms with van der Waals surface area (Å²) < 4.78 is 15.0. The maximum Gasteiger partial charge on any atom is 0.257 e. The number of halogens is 2. The van der Waals surface area contributed by atoms with Gasteiger partial charge in [0.2, 0.25) is 5.95 Å². The highest BCUT2D eigenvalue weighted by Gasteiger charge is 2.25. The van der Waals surface area contributed by atoms with E-state index >= 15 is 0 Å². The number of aromatic nitrogens is 6. The van der Waals surface area contributed by atoms with E-state index in [0.29, 0.717) is 40.1 Å². The van der Waals surface area contributed by atoms with Crippen LogP contribution in [0.3, 0.4) is 0 Å². The van der Waals surface area contributed by atoms with Gasteiger partial charge in [-0.25, -0.2) is 9.67 Å². The molecule has 7 rings (SSSR count). The van der Waals surface area contributed by atoms with Gasteiger partial charge in [0.05, 0.1) is 52.2 Å². The van der Waals surface area contributed by atoms with Crippen LogP contribution in [0.2, 0.25) is 10.0 Å². The summed E-state index contributed by atoms with van der Waals surface area (Å²) in [7, 11) is 3.37. The van der Waals surface area contributed by atoms with Crippen molar-refractivity contribution in [3.63, 3.8) is 0 Å². The number of benzene rings is 3. The number of tetrazole rings is 1. The van der Waals surface area contributed by atoms with Gasteiger partial charge < -0.3 is 28.4 Å². The highest BCUT2D eigenvalue weighted by Crippen LogP contribution is 2.31. The van der Waals surface area contributed by atoms with Gasteiger partial charge in [-0.15, -0.1) is 5.10 Å². The zero-order valence-corrected chi connectivity index (χ0v) is 30.0. The summed E-state index contributed by atoms with van der Waals surface area (Å²) in [5.41, 5.74) is 4.18. The number of carbonyl (C=O) groups is 1. The Bertz CT molecular complexity index is 2080. The molecule has 0 bridgehead atoms. The summed E-state index contributed by atoms with van der Waals surface area (Å²) in [5, 5.41) is 12.4. The maximum atomic E-state index is 14.0. The fourth-order valence-corrected chi connectivity index (χ4v) is 7.09. The lowest BCUT2D eigenvalue weighted by Gasteiger charge is -2.28.